The molecule has 1 heterocycles. The highest BCUT2D eigenvalue weighted by atomic mass is 16.6. The Kier molecular flexibility index (Phi) is 4.75. The molecule has 1 N–H and O–H groups in total. The van der Waals surface area contributed by atoms with Gasteiger partial charge in [-0.2, -0.15) is 0 Å². The normalized spacial score (nSPS) is 17.3. The van der Waals surface area contributed by atoms with Crippen molar-refractivity contribution in [1.82, 2.24) is 5.32 Å². The molecule has 1 atom stereocenters. The van der Waals surface area contributed by atoms with Crippen molar-refractivity contribution >= 4 is 41.1 Å². The maximum absolute atomic E-state index is 12.7. The number of rotatable bonds is 4. The predicted molar refractivity (Wildman–Crippen MR) is 96.9 cm³/mol. The van der Waals surface area contributed by atoms with Gasteiger partial charge in [0.05, 0.1) is 16.3 Å². The Hall–Kier alpha value is -3.88. The average molecular weight is 366 g/mol. The highest BCUT2D eigenvalue weighted by molar-refractivity contribution is 6.32. The highest BCUT2D eigenvalue weighted by Crippen LogP contribution is 2.23. The molecule has 0 unspecified atom stereocenters. The van der Waals surface area contributed by atoms with Gasteiger partial charge in [-0.15, -0.1) is 0 Å². The summed E-state index contributed by atoms with van der Waals surface area (Å²) in [6.45, 7) is 1.86. The number of barbiturate groups is 1. The van der Waals surface area contributed by atoms with Crippen LogP contribution in [-0.2, 0) is 9.59 Å². The zero-order valence-electron chi connectivity index (χ0n) is 14.2. The average Bonchev–Trinajstić information content (AvgIpc) is 2.63. The number of nitrogens with zero attached hydrogens (tertiary/aromatic N) is 3. The number of hydrogen-bond acceptors (Lipinski definition) is 6. The van der Waals surface area contributed by atoms with Crippen LogP contribution in [0.15, 0.2) is 53.5 Å². The zero-order valence-corrected chi connectivity index (χ0v) is 14.2. The van der Waals surface area contributed by atoms with Crippen LogP contribution in [0.5, 0.6) is 0 Å². The monoisotopic (exact) mass is 366 g/mol. The first-order valence-electron chi connectivity index (χ1n) is 7.91. The Morgan fingerprint density at radius 1 is 1.15 bits per heavy atom. The van der Waals surface area contributed by atoms with Crippen molar-refractivity contribution < 1.29 is 19.3 Å². The van der Waals surface area contributed by atoms with Gasteiger partial charge in [0.25, 0.3) is 11.6 Å². The molecule has 2 aromatic carbocycles. The Morgan fingerprint density at radius 2 is 1.85 bits per heavy atom. The number of nitro groups is 1. The van der Waals surface area contributed by atoms with Crippen molar-refractivity contribution in [3.05, 3.63) is 64.2 Å². The number of carbonyl (C=O) groups excluding carboxylic acids is 3. The molecule has 27 heavy (non-hydrogen) atoms. The number of imide groups is 2. The summed E-state index contributed by atoms with van der Waals surface area (Å²) < 4.78 is 0. The van der Waals surface area contributed by atoms with E-state index in [1.54, 1.807) is 24.3 Å². The van der Waals surface area contributed by atoms with Gasteiger partial charge in [-0.05, 0) is 25.1 Å². The first-order chi connectivity index (χ1) is 12.9. The van der Waals surface area contributed by atoms with Gasteiger partial charge >= 0.3 is 6.03 Å². The van der Waals surface area contributed by atoms with Crippen molar-refractivity contribution in [3.63, 3.8) is 0 Å². The van der Waals surface area contributed by atoms with Crippen LogP contribution in [0.3, 0.4) is 0 Å². The maximum atomic E-state index is 12.7. The quantitative estimate of drug-likeness (QED) is 0.385. The second-order valence-electron chi connectivity index (χ2n) is 5.84. The first kappa shape index (κ1) is 17.9. The zero-order chi connectivity index (χ0) is 19.6. The number of carbonyl (C=O) groups is 3. The van der Waals surface area contributed by atoms with Crippen LogP contribution < -0.4 is 10.2 Å². The van der Waals surface area contributed by atoms with Crippen molar-refractivity contribution in [2.45, 2.75) is 6.92 Å². The fourth-order valence-electron chi connectivity index (χ4n) is 2.51. The molecular formula is C18H14N4O5. The molecule has 0 spiro atoms. The number of nitro benzene ring substituents is 1. The van der Waals surface area contributed by atoms with Crippen molar-refractivity contribution in [3.8, 4) is 0 Å². The number of benzene rings is 2. The molecular weight excluding hydrogens is 352 g/mol. The predicted octanol–water partition coefficient (Wildman–Crippen LogP) is 2.50. The number of aliphatic imine (C=N–C) groups is 1. The van der Waals surface area contributed by atoms with Gasteiger partial charge in [-0.1, -0.05) is 23.8 Å². The lowest BCUT2D eigenvalue weighted by molar-refractivity contribution is -0.384. The molecule has 1 aliphatic heterocycles. The maximum Gasteiger partial charge on any atom is 0.335 e. The first-order valence-corrected chi connectivity index (χ1v) is 7.91. The summed E-state index contributed by atoms with van der Waals surface area (Å²) in [5.41, 5.74) is 1.32. The Morgan fingerprint density at radius 3 is 2.52 bits per heavy atom. The van der Waals surface area contributed by atoms with Gasteiger partial charge in [0, 0.05) is 18.3 Å². The van der Waals surface area contributed by atoms with Gasteiger partial charge in [-0.25, -0.2) is 9.69 Å². The Balaban J connectivity index is 1.88. The number of hydrogen-bond donors (Lipinski definition) is 1. The van der Waals surface area contributed by atoms with E-state index in [2.05, 4.69) is 10.3 Å². The molecule has 0 bridgehead atoms. The SMILES string of the molecule is Cc1ccc(N2C(=O)NC(=O)[C@H](C=Nc3cccc([N+](=O)[O-])c3)C2=O)cc1. The summed E-state index contributed by atoms with van der Waals surface area (Å²) >= 11 is 0. The summed E-state index contributed by atoms with van der Waals surface area (Å²) in [5, 5.41) is 12.9. The minimum Gasteiger partial charge on any atom is -0.276 e. The third kappa shape index (κ3) is 3.71. The van der Waals surface area contributed by atoms with Crippen LogP contribution in [0.4, 0.5) is 21.9 Å². The highest BCUT2D eigenvalue weighted by Gasteiger charge is 2.40. The minimum atomic E-state index is -1.33. The summed E-state index contributed by atoms with van der Waals surface area (Å²) in [6, 6.07) is 11.3. The van der Waals surface area contributed by atoms with Crippen LogP contribution in [0, 0.1) is 23.0 Å². The Bertz CT molecular complexity index is 968. The van der Waals surface area contributed by atoms with Crippen molar-refractivity contribution in [1.29, 1.82) is 0 Å². The Labute approximate surface area is 153 Å². The molecule has 3 rings (SSSR count). The second-order valence-corrected chi connectivity index (χ2v) is 5.84. The summed E-state index contributed by atoms with van der Waals surface area (Å²) in [7, 11) is 0. The molecule has 0 saturated carbocycles. The minimum absolute atomic E-state index is 0.166. The smallest absolute Gasteiger partial charge is 0.276 e. The third-order valence-corrected chi connectivity index (χ3v) is 3.91. The number of nitrogens with one attached hydrogen (secondary N) is 1. The fourth-order valence-corrected chi connectivity index (χ4v) is 2.51. The van der Waals surface area contributed by atoms with E-state index >= 15 is 0 Å². The van der Waals surface area contributed by atoms with E-state index < -0.39 is 28.7 Å². The van der Waals surface area contributed by atoms with Crippen molar-refractivity contribution in [2.75, 3.05) is 4.90 Å². The van der Waals surface area contributed by atoms with Gasteiger partial charge in [0.2, 0.25) is 5.91 Å². The third-order valence-electron chi connectivity index (χ3n) is 3.91. The topological polar surface area (TPSA) is 122 Å². The number of urea groups is 1. The van der Waals surface area contributed by atoms with E-state index in [1.807, 2.05) is 6.92 Å². The summed E-state index contributed by atoms with van der Waals surface area (Å²) in [5.74, 6) is -2.88. The summed E-state index contributed by atoms with van der Waals surface area (Å²) in [6.07, 6.45) is 1.07. The molecule has 9 heteroatoms. The van der Waals surface area contributed by atoms with Gasteiger partial charge in [-0.3, -0.25) is 30.0 Å². The van der Waals surface area contributed by atoms with E-state index in [0.717, 1.165) is 16.7 Å². The van der Waals surface area contributed by atoms with Gasteiger partial charge in [0.1, 0.15) is 0 Å². The molecule has 1 saturated heterocycles. The van der Waals surface area contributed by atoms with E-state index in [-0.39, 0.29) is 11.4 Å². The van der Waals surface area contributed by atoms with Gasteiger partial charge in [0.15, 0.2) is 5.92 Å². The molecule has 1 aliphatic rings. The molecule has 9 nitrogen and oxygen atoms in total. The molecule has 136 valence electrons. The molecule has 4 amide bonds. The molecule has 0 aliphatic carbocycles. The van der Waals surface area contributed by atoms with Crippen LogP contribution in [0.2, 0.25) is 0 Å². The van der Waals surface area contributed by atoms with E-state index in [4.69, 9.17) is 0 Å². The molecule has 1 fully saturated rings. The van der Waals surface area contributed by atoms with E-state index in [0.29, 0.717) is 5.69 Å². The number of non-ortho nitro benzene ring substituents is 1. The fraction of sp³-hybridized carbons (Fsp3) is 0.111. The van der Waals surface area contributed by atoms with Crippen LogP contribution in [0.25, 0.3) is 0 Å². The number of aryl methyl sites for hydroxylation is 1. The number of anilines is 1. The van der Waals surface area contributed by atoms with E-state index in [1.165, 1.54) is 24.3 Å². The lowest BCUT2D eigenvalue weighted by atomic mass is 10.1. The van der Waals surface area contributed by atoms with Crippen molar-refractivity contribution in [2.24, 2.45) is 10.9 Å². The van der Waals surface area contributed by atoms with Crippen LogP contribution >= 0.6 is 0 Å². The molecule has 2 aromatic rings. The summed E-state index contributed by atoms with van der Waals surface area (Å²) in [4.78, 5) is 51.9. The molecule has 0 radical (unpaired) electrons. The molecule has 0 aromatic heterocycles. The largest absolute Gasteiger partial charge is 0.335 e. The lowest BCUT2D eigenvalue weighted by Gasteiger charge is -2.28. The lowest BCUT2D eigenvalue weighted by Crippen LogP contribution is -2.58. The van der Waals surface area contributed by atoms with Gasteiger partial charge < -0.3 is 0 Å². The number of amides is 4. The van der Waals surface area contributed by atoms with Crippen LogP contribution in [-0.4, -0.2) is 29.0 Å². The van der Waals surface area contributed by atoms with E-state index in [9.17, 15) is 24.5 Å². The van der Waals surface area contributed by atoms with Crippen LogP contribution in [0.1, 0.15) is 5.56 Å². The second kappa shape index (κ2) is 7.16. The standard InChI is InChI=1S/C18H14N4O5/c1-11-5-7-13(8-6-11)21-17(24)15(16(23)20-18(21)25)10-19-12-3-2-4-14(9-12)22(26)27/h2-10,15H,1H3,(H,20,23,25)/t15-/m0/s1.